The zero-order chi connectivity index (χ0) is 17.6. The number of hydrogen-bond acceptors (Lipinski definition) is 4. The highest BCUT2D eigenvalue weighted by Gasteiger charge is 2.40. The number of rotatable bonds is 7. The highest BCUT2D eigenvalue weighted by Crippen LogP contribution is 2.28. The van der Waals surface area contributed by atoms with Crippen LogP contribution in [-0.4, -0.2) is 41.9 Å². The average molecular weight is 334 g/mol. The third-order valence-corrected chi connectivity index (χ3v) is 5.46. The predicted octanol–water partition coefficient (Wildman–Crippen LogP) is 1.55. The summed E-state index contributed by atoms with van der Waals surface area (Å²) in [5, 5.41) is 12.5. The van der Waals surface area contributed by atoms with Crippen LogP contribution >= 0.6 is 0 Å². The van der Waals surface area contributed by atoms with Crippen LogP contribution in [0.15, 0.2) is 0 Å². The van der Waals surface area contributed by atoms with Crippen LogP contribution in [0.2, 0.25) is 0 Å². The fraction of sp³-hybridized carbons (Fsp3) is 0.833. The van der Waals surface area contributed by atoms with Gasteiger partial charge in [-0.3, -0.25) is 14.5 Å². The van der Waals surface area contributed by atoms with E-state index in [0.717, 1.165) is 6.42 Å². The first-order valence-electron chi connectivity index (χ1n) is 9.18. The van der Waals surface area contributed by atoms with Crippen molar-refractivity contribution in [2.45, 2.75) is 63.8 Å². The van der Waals surface area contributed by atoms with Crippen LogP contribution in [0, 0.1) is 23.2 Å². The van der Waals surface area contributed by atoms with Crippen molar-refractivity contribution in [2.75, 3.05) is 19.6 Å². The number of carbonyl (C=O) groups excluding carboxylic acids is 2. The van der Waals surface area contributed by atoms with Crippen LogP contribution in [0.5, 0.6) is 0 Å². The van der Waals surface area contributed by atoms with Gasteiger partial charge in [-0.2, -0.15) is 5.26 Å². The molecule has 0 bridgehead atoms. The summed E-state index contributed by atoms with van der Waals surface area (Å²) in [5.41, 5.74) is 4.49. The molecular weight excluding hydrogens is 304 g/mol. The van der Waals surface area contributed by atoms with Crippen molar-refractivity contribution in [1.29, 1.82) is 5.26 Å². The fourth-order valence-electron chi connectivity index (χ4n) is 3.88. The molecule has 1 aliphatic heterocycles. The van der Waals surface area contributed by atoms with E-state index in [0.29, 0.717) is 38.4 Å². The van der Waals surface area contributed by atoms with Gasteiger partial charge in [-0.15, -0.1) is 0 Å². The number of nitrogens with one attached hydrogen (secondary N) is 1. The molecule has 2 fully saturated rings. The van der Waals surface area contributed by atoms with Gasteiger partial charge in [0.25, 0.3) is 0 Å². The lowest BCUT2D eigenvalue weighted by molar-refractivity contribution is -0.123. The van der Waals surface area contributed by atoms with E-state index in [1.165, 1.54) is 32.1 Å². The Bertz CT molecular complexity index is 496. The number of nitriles is 1. The highest BCUT2D eigenvalue weighted by atomic mass is 16.2. The number of likely N-dealkylation sites (tertiary alicyclic amines) is 1. The van der Waals surface area contributed by atoms with E-state index in [-0.39, 0.29) is 17.7 Å². The second kappa shape index (κ2) is 8.48. The Morgan fingerprint density at radius 2 is 2.08 bits per heavy atom. The minimum absolute atomic E-state index is 0.0214. The molecule has 1 saturated carbocycles. The lowest BCUT2D eigenvalue weighted by Gasteiger charge is -2.25. The molecule has 3 N–H and O–H groups in total. The van der Waals surface area contributed by atoms with Gasteiger partial charge in [0.15, 0.2) is 0 Å². The van der Waals surface area contributed by atoms with Crippen LogP contribution < -0.4 is 11.1 Å². The first kappa shape index (κ1) is 18.7. The highest BCUT2D eigenvalue weighted by molar-refractivity contribution is 5.77. The van der Waals surface area contributed by atoms with Gasteiger partial charge in [0, 0.05) is 32.0 Å². The second-order valence-corrected chi connectivity index (χ2v) is 7.57. The van der Waals surface area contributed by atoms with E-state index in [9.17, 15) is 14.9 Å². The van der Waals surface area contributed by atoms with Crippen molar-refractivity contribution in [1.82, 2.24) is 10.2 Å². The number of amides is 2. The number of primary amides is 1. The Morgan fingerprint density at radius 3 is 2.71 bits per heavy atom. The van der Waals surface area contributed by atoms with Crippen molar-refractivity contribution < 1.29 is 9.59 Å². The molecule has 1 saturated heterocycles. The minimum Gasteiger partial charge on any atom is -0.369 e. The first-order valence-corrected chi connectivity index (χ1v) is 9.18. The molecule has 2 aliphatic rings. The molecule has 2 unspecified atom stereocenters. The zero-order valence-corrected chi connectivity index (χ0v) is 14.7. The van der Waals surface area contributed by atoms with Crippen LogP contribution in [0.4, 0.5) is 0 Å². The molecule has 6 heteroatoms. The maximum atomic E-state index is 12.3. The van der Waals surface area contributed by atoms with Gasteiger partial charge in [-0.05, 0) is 18.8 Å². The average Bonchev–Trinajstić information content (AvgIpc) is 2.97. The van der Waals surface area contributed by atoms with Crippen LogP contribution in [0.1, 0.15) is 58.3 Å². The molecule has 1 aliphatic carbocycles. The van der Waals surface area contributed by atoms with Crippen LogP contribution in [0.25, 0.3) is 0 Å². The summed E-state index contributed by atoms with van der Waals surface area (Å²) >= 11 is 0. The largest absolute Gasteiger partial charge is 0.369 e. The Labute approximate surface area is 144 Å². The van der Waals surface area contributed by atoms with Crippen molar-refractivity contribution in [2.24, 2.45) is 17.6 Å². The lowest BCUT2D eigenvalue weighted by Crippen LogP contribution is -2.49. The van der Waals surface area contributed by atoms with Crippen molar-refractivity contribution in [3.8, 4) is 6.07 Å². The summed E-state index contributed by atoms with van der Waals surface area (Å²) in [5.74, 6) is 0.0634. The van der Waals surface area contributed by atoms with Gasteiger partial charge in [0.05, 0.1) is 6.07 Å². The molecule has 0 aromatic carbocycles. The summed E-state index contributed by atoms with van der Waals surface area (Å²) in [6, 6.07) is 2.29. The van der Waals surface area contributed by atoms with E-state index in [4.69, 9.17) is 5.73 Å². The van der Waals surface area contributed by atoms with Crippen LogP contribution in [0.3, 0.4) is 0 Å². The third-order valence-electron chi connectivity index (χ3n) is 5.46. The molecule has 0 radical (unpaired) electrons. The monoisotopic (exact) mass is 334 g/mol. The molecule has 134 valence electrons. The normalized spacial score (nSPS) is 26.7. The Hall–Kier alpha value is -1.61. The number of nitrogens with zero attached hydrogens (tertiary/aromatic N) is 2. The SMILES string of the molecule is CC(CN1CCC(C#N)(NC(=O)CCC2CCCCC2)C1)C(N)=O. The number of hydrogen-bond donors (Lipinski definition) is 2. The molecule has 24 heavy (non-hydrogen) atoms. The number of carbonyl (C=O) groups is 2. The summed E-state index contributed by atoms with van der Waals surface area (Å²) in [6.45, 7) is 3.50. The molecular formula is C18H30N4O2. The van der Waals surface area contributed by atoms with Gasteiger partial charge < -0.3 is 11.1 Å². The van der Waals surface area contributed by atoms with Crippen LogP contribution in [-0.2, 0) is 9.59 Å². The Balaban J connectivity index is 1.79. The van der Waals surface area contributed by atoms with E-state index in [1.54, 1.807) is 6.92 Å². The first-order chi connectivity index (χ1) is 11.4. The molecule has 0 spiro atoms. The molecule has 1 heterocycles. The van der Waals surface area contributed by atoms with Gasteiger partial charge in [0.1, 0.15) is 5.54 Å². The fourth-order valence-corrected chi connectivity index (χ4v) is 3.88. The molecule has 2 atom stereocenters. The molecule has 6 nitrogen and oxygen atoms in total. The summed E-state index contributed by atoms with van der Waals surface area (Å²) in [6.07, 6.45) is 8.37. The quantitative estimate of drug-likeness (QED) is 0.738. The Morgan fingerprint density at radius 1 is 1.38 bits per heavy atom. The van der Waals surface area contributed by atoms with Crippen molar-refractivity contribution in [3.05, 3.63) is 0 Å². The molecule has 2 amide bonds. The van der Waals surface area contributed by atoms with E-state index >= 15 is 0 Å². The molecule has 0 aromatic heterocycles. The van der Waals surface area contributed by atoms with Gasteiger partial charge in [-0.25, -0.2) is 0 Å². The summed E-state index contributed by atoms with van der Waals surface area (Å²) in [7, 11) is 0. The molecule has 2 rings (SSSR count). The van der Waals surface area contributed by atoms with Crippen molar-refractivity contribution in [3.63, 3.8) is 0 Å². The van der Waals surface area contributed by atoms with E-state index < -0.39 is 5.54 Å². The lowest BCUT2D eigenvalue weighted by atomic mass is 9.86. The van der Waals surface area contributed by atoms with Crippen molar-refractivity contribution >= 4 is 11.8 Å². The van der Waals surface area contributed by atoms with Gasteiger partial charge >= 0.3 is 0 Å². The predicted molar refractivity (Wildman–Crippen MR) is 91.7 cm³/mol. The summed E-state index contributed by atoms with van der Waals surface area (Å²) < 4.78 is 0. The number of nitrogens with two attached hydrogens (primary N) is 1. The summed E-state index contributed by atoms with van der Waals surface area (Å²) in [4.78, 5) is 25.5. The molecule has 0 aromatic rings. The topological polar surface area (TPSA) is 99.2 Å². The standard InChI is InChI=1S/C18H30N4O2/c1-14(17(20)24)11-22-10-9-18(12-19,13-22)21-16(23)8-7-15-5-3-2-4-6-15/h14-15H,2-11,13H2,1H3,(H2,20,24)(H,21,23). The Kier molecular flexibility index (Phi) is 6.61. The second-order valence-electron chi connectivity index (χ2n) is 7.57. The third kappa shape index (κ3) is 5.20. The van der Waals surface area contributed by atoms with Gasteiger partial charge in [-0.1, -0.05) is 39.0 Å². The smallest absolute Gasteiger partial charge is 0.221 e. The van der Waals surface area contributed by atoms with E-state index in [2.05, 4.69) is 11.4 Å². The van der Waals surface area contributed by atoms with E-state index in [1.807, 2.05) is 4.90 Å². The maximum absolute atomic E-state index is 12.3. The van der Waals surface area contributed by atoms with Gasteiger partial charge in [0.2, 0.25) is 11.8 Å². The minimum atomic E-state index is -0.818. The zero-order valence-electron chi connectivity index (χ0n) is 14.7. The maximum Gasteiger partial charge on any atom is 0.221 e.